The summed E-state index contributed by atoms with van der Waals surface area (Å²) in [7, 11) is 1.26. The van der Waals surface area contributed by atoms with Crippen LogP contribution in [0.5, 0.6) is 5.75 Å². The predicted molar refractivity (Wildman–Crippen MR) is 176 cm³/mol. The number of ether oxygens (including phenoxy) is 3. The number of nitrogens with zero attached hydrogens (tertiary/aromatic N) is 3. The Balaban J connectivity index is 1.31. The van der Waals surface area contributed by atoms with E-state index in [9.17, 15) is 23.2 Å². The quantitative estimate of drug-likeness (QED) is 0.203. The van der Waals surface area contributed by atoms with E-state index in [0.29, 0.717) is 55.2 Å². The highest BCUT2D eigenvalue weighted by Gasteiger charge is 2.53. The molecule has 14 heteroatoms. The number of halogens is 3. The summed E-state index contributed by atoms with van der Waals surface area (Å²) in [5.74, 6) is 4.17. The Bertz CT molecular complexity index is 1590. The van der Waals surface area contributed by atoms with E-state index in [0.717, 1.165) is 29.0 Å². The van der Waals surface area contributed by atoms with E-state index < -0.39 is 42.8 Å². The van der Waals surface area contributed by atoms with Crippen LogP contribution in [-0.4, -0.2) is 85.0 Å². The van der Waals surface area contributed by atoms with Gasteiger partial charge in [-0.1, -0.05) is 41.9 Å². The van der Waals surface area contributed by atoms with Crippen molar-refractivity contribution in [3.8, 4) is 5.75 Å². The van der Waals surface area contributed by atoms with Crippen molar-refractivity contribution >= 4 is 29.4 Å². The fourth-order valence-electron chi connectivity index (χ4n) is 7.27. The van der Waals surface area contributed by atoms with Crippen LogP contribution in [0.25, 0.3) is 0 Å². The zero-order valence-corrected chi connectivity index (χ0v) is 28.2. The van der Waals surface area contributed by atoms with E-state index in [-0.39, 0.29) is 42.6 Å². The molecule has 2 aromatic carbocycles. The summed E-state index contributed by atoms with van der Waals surface area (Å²) in [5, 5.41) is 1.21. The molecule has 264 valence electrons. The fraction of sp³-hybridized carbons (Fsp3) is 0.514. The predicted octanol–water partition coefficient (Wildman–Crippen LogP) is 3.94. The molecule has 1 saturated carbocycles. The number of amides is 2. The maximum atomic E-state index is 14.6. The number of allylic oxidation sites excluding steroid dienone is 1. The minimum absolute atomic E-state index is 0.00428. The second kappa shape index (κ2) is 14.5. The van der Waals surface area contributed by atoms with Gasteiger partial charge in [-0.25, -0.2) is 19.4 Å². The largest absolute Gasteiger partial charge is 0.487 e. The van der Waals surface area contributed by atoms with Crippen LogP contribution in [0, 0.1) is 11.3 Å². The third-order valence-electron chi connectivity index (χ3n) is 10.0. The molecule has 3 heterocycles. The van der Waals surface area contributed by atoms with Gasteiger partial charge in [0.05, 0.1) is 17.7 Å². The van der Waals surface area contributed by atoms with Crippen molar-refractivity contribution in [3.05, 3.63) is 75.6 Å². The van der Waals surface area contributed by atoms with Crippen molar-refractivity contribution in [2.75, 3.05) is 39.9 Å². The minimum Gasteiger partial charge on any atom is -0.487 e. The van der Waals surface area contributed by atoms with E-state index >= 15 is 0 Å². The molecule has 3 aliphatic heterocycles. The average molecular weight is 702 g/mol. The van der Waals surface area contributed by atoms with Gasteiger partial charge in [0, 0.05) is 50.3 Å². The van der Waals surface area contributed by atoms with Gasteiger partial charge in [-0.15, -0.1) is 0 Å². The molecule has 2 aromatic rings. The standard InChI is InChI=1S/C35H42ClF2N5O6/c1-41(40)30(32(37)38)25(39)19-48-27-10-9-24(36)22-11-14-43(26(29(22)27)17-42-20-35(12-13-35)16-28(42)44)33(45)23-8-5-15-47-31(23)34(46)49-18-21-6-3-2-4-7-21/h2-4,6-7,9-10,23,26,31-32H,5,8,11-20,39-40H2,1H3/b30-25-/t23-,26-,31+/m1/s1. The van der Waals surface area contributed by atoms with Gasteiger partial charge in [-0.3, -0.25) is 9.59 Å². The van der Waals surface area contributed by atoms with Crippen LogP contribution in [0.2, 0.25) is 5.02 Å². The van der Waals surface area contributed by atoms with Crippen molar-refractivity contribution in [2.24, 2.45) is 22.9 Å². The molecule has 3 fully saturated rings. The number of benzene rings is 2. The lowest BCUT2D eigenvalue weighted by Crippen LogP contribution is -2.52. The van der Waals surface area contributed by atoms with Crippen LogP contribution in [0.15, 0.2) is 53.9 Å². The molecule has 0 radical (unpaired) electrons. The number of hydrazine groups is 1. The highest BCUT2D eigenvalue weighted by Crippen LogP contribution is 2.54. The maximum Gasteiger partial charge on any atom is 0.336 e. The first kappa shape index (κ1) is 34.9. The average Bonchev–Trinajstić information content (AvgIpc) is 3.76. The van der Waals surface area contributed by atoms with Crippen LogP contribution in [0.1, 0.15) is 54.8 Å². The number of carbonyl (C=O) groups is 3. The van der Waals surface area contributed by atoms with Gasteiger partial charge < -0.3 is 34.8 Å². The third kappa shape index (κ3) is 7.48. The van der Waals surface area contributed by atoms with E-state index in [1.54, 1.807) is 21.9 Å². The first-order chi connectivity index (χ1) is 23.5. The van der Waals surface area contributed by atoms with Crippen LogP contribution >= 0.6 is 11.6 Å². The summed E-state index contributed by atoms with van der Waals surface area (Å²) >= 11 is 6.73. The van der Waals surface area contributed by atoms with Gasteiger partial charge in [0.1, 0.15) is 24.7 Å². The topological polar surface area (TPSA) is 141 Å². The molecule has 11 nitrogen and oxygen atoms in total. The van der Waals surface area contributed by atoms with Gasteiger partial charge in [-0.2, -0.15) is 0 Å². The summed E-state index contributed by atoms with van der Waals surface area (Å²) in [6.45, 7) is 0.966. The molecule has 4 N–H and O–H groups in total. The Morgan fingerprint density at radius 3 is 2.61 bits per heavy atom. The van der Waals surface area contributed by atoms with Gasteiger partial charge in [0.25, 0.3) is 6.43 Å². The SMILES string of the molecule is CN(N)/C(=C(\N)COc1ccc(Cl)c2c1[C@@H](CN1CC3(CC3)CC1=O)N(C(=O)[C@@H]1CCCO[C@@H]1C(=O)OCc1ccccc1)CC2)C(F)F. The Kier molecular flexibility index (Phi) is 10.3. The molecule has 0 unspecified atom stereocenters. The monoisotopic (exact) mass is 701 g/mol. The molecule has 2 amide bonds. The van der Waals surface area contributed by atoms with Crippen molar-refractivity contribution < 1.29 is 37.4 Å². The number of fused-ring (bicyclic) bond motifs is 1. The second-order valence-electron chi connectivity index (χ2n) is 13.4. The first-order valence-corrected chi connectivity index (χ1v) is 17.0. The summed E-state index contributed by atoms with van der Waals surface area (Å²) in [5.41, 5.74) is 7.28. The fourth-order valence-corrected chi connectivity index (χ4v) is 7.53. The molecular formula is C35H42ClF2N5O6. The number of carbonyl (C=O) groups excluding carboxylic acids is 3. The zero-order chi connectivity index (χ0) is 34.9. The Labute approximate surface area is 289 Å². The van der Waals surface area contributed by atoms with Gasteiger partial charge >= 0.3 is 5.97 Å². The summed E-state index contributed by atoms with van der Waals surface area (Å²) in [6.07, 6.45) is -0.282. The maximum absolute atomic E-state index is 14.6. The third-order valence-corrected chi connectivity index (χ3v) is 10.4. The minimum atomic E-state index is -2.93. The second-order valence-corrected chi connectivity index (χ2v) is 13.8. The zero-order valence-electron chi connectivity index (χ0n) is 27.4. The van der Waals surface area contributed by atoms with Gasteiger partial charge in [0.15, 0.2) is 6.10 Å². The summed E-state index contributed by atoms with van der Waals surface area (Å²) in [4.78, 5) is 44.7. The number of esters is 1. The molecule has 49 heavy (non-hydrogen) atoms. The molecule has 2 saturated heterocycles. The Hall–Kier alpha value is -3.94. The molecule has 6 rings (SSSR count). The van der Waals surface area contributed by atoms with Crippen LogP contribution in [-0.2, 0) is 36.9 Å². The highest BCUT2D eigenvalue weighted by molar-refractivity contribution is 6.31. The Morgan fingerprint density at radius 1 is 1.18 bits per heavy atom. The molecule has 4 aliphatic rings. The van der Waals surface area contributed by atoms with E-state index in [4.69, 9.17) is 37.4 Å². The smallest absolute Gasteiger partial charge is 0.336 e. The summed E-state index contributed by atoms with van der Waals surface area (Å²) < 4.78 is 45.0. The molecule has 1 spiro atoms. The van der Waals surface area contributed by atoms with E-state index in [1.165, 1.54) is 7.05 Å². The number of hydrogen-bond acceptors (Lipinski definition) is 9. The van der Waals surface area contributed by atoms with Crippen LogP contribution < -0.4 is 16.3 Å². The lowest BCUT2D eigenvalue weighted by Gasteiger charge is -2.43. The Morgan fingerprint density at radius 2 is 1.94 bits per heavy atom. The molecule has 3 atom stereocenters. The molecule has 1 aliphatic carbocycles. The lowest BCUT2D eigenvalue weighted by molar-refractivity contribution is -0.173. The van der Waals surface area contributed by atoms with E-state index in [1.807, 2.05) is 30.3 Å². The molecular weight excluding hydrogens is 660 g/mol. The molecule has 0 bridgehead atoms. The number of likely N-dealkylation sites (tertiary alicyclic amines) is 1. The van der Waals surface area contributed by atoms with Crippen molar-refractivity contribution in [1.29, 1.82) is 0 Å². The highest BCUT2D eigenvalue weighted by atomic mass is 35.5. The van der Waals surface area contributed by atoms with Crippen molar-refractivity contribution in [2.45, 2.75) is 63.7 Å². The normalized spacial score (nSPS) is 23.3. The first-order valence-electron chi connectivity index (χ1n) is 16.6. The summed E-state index contributed by atoms with van der Waals surface area (Å²) in [6, 6.07) is 11.8. The number of nitrogens with two attached hydrogens (primary N) is 2. The number of hydrogen-bond donors (Lipinski definition) is 2. The molecule has 0 aromatic heterocycles. The number of alkyl halides is 2. The lowest BCUT2D eigenvalue weighted by atomic mass is 9.87. The number of rotatable bonds is 11. The van der Waals surface area contributed by atoms with E-state index in [2.05, 4.69) is 0 Å². The van der Waals surface area contributed by atoms with Crippen molar-refractivity contribution in [1.82, 2.24) is 14.8 Å². The van der Waals surface area contributed by atoms with Gasteiger partial charge in [0.2, 0.25) is 11.8 Å². The van der Waals surface area contributed by atoms with Gasteiger partial charge in [-0.05, 0) is 60.8 Å². The van der Waals surface area contributed by atoms with Crippen molar-refractivity contribution in [3.63, 3.8) is 0 Å². The van der Waals surface area contributed by atoms with Crippen LogP contribution in [0.3, 0.4) is 0 Å². The van der Waals surface area contributed by atoms with Crippen LogP contribution in [0.4, 0.5) is 8.78 Å².